The Bertz CT molecular complexity index is 514. The topological polar surface area (TPSA) is 110 Å². The van der Waals surface area contributed by atoms with Gasteiger partial charge in [-0.05, 0) is 12.1 Å². The van der Waals surface area contributed by atoms with E-state index in [1.54, 1.807) is 12.1 Å². The SMILES string of the molecule is N#CC(=Cc1ccccc1[N+](=O)[O-])C(N)=O. The molecule has 1 aromatic carbocycles. The molecule has 16 heavy (non-hydrogen) atoms. The van der Waals surface area contributed by atoms with Crippen molar-refractivity contribution in [2.45, 2.75) is 0 Å². The molecule has 6 heteroatoms. The zero-order valence-electron chi connectivity index (χ0n) is 8.08. The minimum Gasteiger partial charge on any atom is -0.365 e. The Morgan fingerprint density at radius 3 is 2.62 bits per heavy atom. The standard InChI is InChI=1S/C10H7N3O3/c11-6-8(10(12)14)5-7-3-1-2-4-9(7)13(15)16/h1-5H,(H2,12,14). The van der Waals surface area contributed by atoms with Gasteiger partial charge in [0.15, 0.2) is 0 Å². The molecular formula is C10H7N3O3. The van der Waals surface area contributed by atoms with Crippen molar-refractivity contribution in [1.29, 1.82) is 5.26 Å². The summed E-state index contributed by atoms with van der Waals surface area (Å²) in [6.45, 7) is 0. The number of hydrogen-bond acceptors (Lipinski definition) is 4. The summed E-state index contributed by atoms with van der Waals surface area (Å²) in [7, 11) is 0. The van der Waals surface area contributed by atoms with Gasteiger partial charge in [-0.25, -0.2) is 0 Å². The van der Waals surface area contributed by atoms with Gasteiger partial charge >= 0.3 is 0 Å². The Hall–Kier alpha value is -2.68. The number of para-hydroxylation sites is 1. The molecule has 0 bridgehead atoms. The van der Waals surface area contributed by atoms with E-state index in [9.17, 15) is 14.9 Å². The highest BCUT2D eigenvalue weighted by Crippen LogP contribution is 2.20. The number of nitrogens with zero attached hydrogens (tertiary/aromatic N) is 2. The zero-order chi connectivity index (χ0) is 12.1. The second kappa shape index (κ2) is 4.70. The summed E-state index contributed by atoms with van der Waals surface area (Å²) in [5.41, 5.74) is 4.58. The number of amides is 1. The number of hydrogen-bond donors (Lipinski definition) is 1. The van der Waals surface area contributed by atoms with Crippen LogP contribution in [0.15, 0.2) is 29.8 Å². The molecule has 0 aliphatic heterocycles. The Labute approximate surface area is 90.7 Å². The third kappa shape index (κ3) is 2.42. The first-order valence-electron chi connectivity index (χ1n) is 4.21. The van der Waals surface area contributed by atoms with Crippen molar-refractivity contribution >= 4 is 17.7 Å². The summed E-state index contributed by atoms with van der Waals surface area (Å²) in [5, 5.41) is 19.2. The molecule has 0 spiro atoms. The first kappa shape index (κ1) is 11.4. The molecule has 0 atom stereocenters. The molecule has 0 unspecified atom stereocenters. The van der Waals surface area contributed by atoms with E-state index >= 15 is 0 Å². The minimum absolute atomic E-state index is 0.169. The van der Waals surface area contributed by atoms with Gasteiger partial charge in [0.05, 0.1) is 10.5 Å². The van der Waals surface area contributed by atoms with Crippen LogP contribution in [0.4, 0.5) is 5.69 Å². The number of carbonyl (C=O) groups excluding carboxylic acids is 1. The van der Waals surface area contributed by atoms with Crippen LogP contribution in [0.2, 0.25) is 0 Å². The Kier molecular flexibility index (Phi) is 3.35. The van der Waals surface area contributed by atoms with Gasteiger partial charge in [0.2, 0.25) is 0 Å². The highest BCUT2D eigenvalue weighted by atomic mass is 16.6. The number of nitrogens with two attached hydrogens (primary N) is 1. The zero-order valence-corrected chi connectivity index (χ0v) is 8.08. The van der Waals surface area contributed by atoms with E-state index in [4.69, 9.17) is 11.0 Å². The molecule has 0 aliphatic rings. The maximum atomic E-state index is 10.8. The van der Waals surface area contributed by atoms with E-state index in [1.165, 1.54) is 18.2 Å². The molecule has 1 amide bonds. The lowest BCUT2D eigenvalue weighted by Crippen LogP contribution is -2.12. The van der Waals surface area contributed by atoms with E-state index < -0.39 is 10.8 Å². The number of nitro groups is 1. The van der Waals surface area contributed by atoms with Crippen molar-refractivity contribution in [2.24, 2.45) is 5.73 Å². The van der Waals surface area contributed by atoms with Gasteiger partial charge in [0.25, 0.3) is 11.6 Å². The molecule has 0 aliphatic carbocycles. The predicted octanol–water partition coefficient (Wildman–Crippen LogP) is 0.987. The Morgan fingerprint density at radius 2 is 2.12 bits per heavy atom. The van der Waals surface area contributed by atoms with Crippen LogP contribution in [-0.2, 0) is 4.79 Å². The van der Waals surface area contributed by atoms with Gasteiger partial charge in [0, 0.05) is 6.07 Å². The van der Waals surface area contributed by atoms with E-state index in [2.05, 4.69) is 0 Å². The largest absolute Gasteiger partial charge is 0.365 e. The fraction of sp³-hybridized carbons (Fsp3) is 0. The highest BCUT2D eigenvalue weighted by molar-refractivity contribution is 6.01. The van der Waals surface area contributed by atoms with Gasteiger partial charge in [-0.15, -0.1) is 0 Å². The molecule has 0 heterocycles. The van der Waals surface area contributed by atoms with Crippen LogP contribution in [-0.4, -0.2) is 10.8 Å². The number of rotatable bonds is 3. The van der Waals surface area contributed by atoms with E-state index in [-0.39, 0.29) is 16.8 Å². The summed E-state index contributed by atoms with van der Waals surface area (Å²) >= 11 is 0. The summed E-state index contributed by atoms with van der Waals surface area (Å²) in [4.78, 5) is 20.8. The van der Waals surface area contributed by atoms with Crippen molar-refractivity contribution in [3.8, 4) is 6.07 Å². The number of benzene rings is 1. The third-order valence-electron chi connectivity index (χ3n) is 1.82. The average Bonchev–Trinajstić information content (AvgIpc) is 2.25. The van der Waals surface area contributed by atoms with Crippen molar-refractivity contribution in [3.63, 3.8) is 0 Å². The molecular weight excluding hydrogens is 210 g/mol. The molecule has 2 N–H and O–H groups in total. The van der Waals surface area contributed by atoms with Crippen LogP contribution >= 0.6 is 0 Å². The van der Waals surface area contributed by atoms with E-state index in [0.29, 0.717) is 0 Å². The fourth-order valence-electron chi connectivity index (χ4n) is 1.09. The first-order valence-corrected chi connectivity index (χ1v) is 4.21. The van der Waals surface area contributed by atoms with Gasteiger partial charge in [-0.2, -0.15) is 5.26 Å². The number of primary amides is 1. The van der Waals surface area contributed by atoms with Crippen LogP contribution in [0.1, 0.15) is 5.56 Å². The molecule has 0 radical (unpaired) electrons. The van der Waals surface area contributed by atoms with Gasteiger partial charge in [0.1, 0.15) is 11.6 Å². The smallest absolute Gasteiger partial charge is 0.276 e. The second-order valence-corrected chi connectivity index (χ2v) is 2.85. The molecule has 0 aromatic heterocycles. The second-order valence-electron chi connectivity index (χ2n) is 2.85. The van der Waals surface area contributed by atoms with Gasteiger partial charge in [-0.1, -0.05) is 12.1 Å². The van der Waals surface area contributed by atoms with Gasteiger partial charge < -0.3 is 5.73 Å². The Morgan fingerprint density at radius 1 is 1.50 bits per heavy atom. The van der Waals surface area contributed by atoms with E-state index in [1.807, 2.05) is 0 Å². The summed E-state index contributed by atoms with van der Waals surface area (Å²) < 4.78 is 0. The maximum absolute atomic E-state index is 10.8. The normalized spacial score (nSPS) is 10.6. The Balaban J connectivity index is 3.30. The first-order chi connectivity index (χ1) is 7.56. The number of nitriles is 1. The lowest BCUT2D eigenvalue weighted by atomic mass is 10.1. The summed E-state index contributed by atoms with van der Waals surface area (Å²) in [6, 6.07) is 7.34. The fourth-order valence-corrected chi connectivity index (χ4v) is 1.09. The van der Waals surface area contributed by atoms with Crippen LogP contribution < -0.4 is 5.73 Å². The number of carbonyl (C=O) groups is 1. The quantitative estimate of drug-likeness (QED) is 0.352. The minimum atomic E-state index is -0.916. The van der Waals surface area contributed by atoms with Crippen LogP contribution in [0.3, 0.4) is 0 Å². The third-order valence-corrected chi connectivity index (χ3v) is 1.82. The maximum Gasteiger partial charge on any atom is 0.276 e. The van der Waals surface area contributed by atoms with Crippen LogP contribution in [0.5, 0.6) is 0 Å². The van der Waals surface area contributed by atoms with Crippen molar-refractivity contribution in [3.05, 3.63) is 45.5 Å². The molecule has 0 saturated heterocycles. The molecule has 1 aromatic rings. The molecule has 6 nitrogen and oxygen atoms in total. The van der Waals surface area contributed by atoms with Crippen molar-refractivity contribution < 1.29 is 9.72 Å². The lowest BCUT2D eigenvalue weighted by Gasteiger charge is -1.97. The molecule has 0 fully saturated rings. The highest BCUT2D eigenvalue weighted by Gasteiger charge is 2.12. The summed E-state index contributed by atoms with van der Waals surface area (Å²) in [6.07, 6.45) is 1.10. The summed E-state index contributed by atoms with van der Waals surface area (Å²) in [5.74, 6) is -0.916. The predicted molar refractivity (Wildman–Crippen MR) is 55.9 cm³/mol. The average molecular weight is 217 g/mol. The number of nitro benzene ring substituents is 1. The molecule has 80 valence electrons. The van der Waals surface area contributed by atoms with Gasteiger partial charge in [-0.3, -0.25) is 14.9 Å². The van der Waals surface area contributed by atoms with E-state index in [0.717, 1.165) is 6.08 Å². The van der Waals surface area contributed by atoms with Crippen molar-refractivity contribution in [2.75, 3.05) is 0 Å². The monoisotopic (exact) mass is 217 g/mol. The lowest BCUT2D eigenvalue weighted by molar-refractivity contribution is -0.385. The van der Waals surface area contributed by atoms with Crippen molar-refractivity contribution in [1.82, 2.24) is 0 Å². The van der Waals surface area contributed by atoms with Crippen LogP contribution in [0.25, 0.3) is 6.08 Å². The molecule has 0 saturated carbocycles. The van der Waals surface area contributed by atoms with Crippen LogP contribution in [0, 0.1) is 21.4 Å². The molecule has 1 rings (SSSR count).